The maximum absolute atomic E-state index is 12.1. The zero-order valence-electron chi connectivity index (χ0n) is 14.2. The molecule has 2 heterocycles. The summed E-state index contributed by atoms with van der Waals surface area (Å²) in [5.41, 5.74) is 1.29. The zero-order chi connectivity index (χ0) is 19.6. The third-order valence-electron chi connectivity index (χ3n) is 2.92. The highest BCUT2D eigenvalue weighted by molar-refractivity contribution is 5.87. The Bertz CT molecular complexity index is 824. The molecule has 11 nitrogen and oxygen atoms in total. The Balaban J connectivity index is 2.44. The summed E-state index contributed by atoms with van der Waals surface area (Å²) in [4.78, 5) is 26.9. The second kappa shape index (κ2) is 6.70. The van der Waals surface area contributed by atoms with Crippen LogP contribution in [-0.4, -0.2) is 47.7 Å². The van der Waals surface area contributed by atoms with Gasteiger partial charge in [-0.2, -0.15) is 9.79 Å². The van der Waals surface area contributed by atoms with Gasteiger partial charge in [0.2, 0.25) is 5.88 Å². The van der Waals surface area contributed by atoms with E-state index < -0.39 is 35.2 Å². The molecule has 0 aliphatic carbocycles. The van der Waals surface area contributed by atoms with Crippen LogP contribution in [0.4, 0.5) is 10.6 Å². The molecule has 0 saturated heterocycles. The summed E-state index contributed by atoms with van der Waals surface area (Å²) in [6, 6.07) is 3.26. The third-order valence-corrected chi connectivity index (χ3v) is 2.92. The molecule has 2 aromatic heterocycles. The highest BCUT2D eigenvalue weighted by Gasteiger charge is 2.25. The second-order valence-corrected chi connectivity index (χ2v) is 6.16. The molecule has 26 heavy (non-hydrogen) atoms. The van der Waals surface area contributed by atoms with Crippen molar-refractivity contribution < 1.29 is 34.8 Å². The number of rotatable bonds is 4. The van der Waals surface area contributed by atoms with Crippen LogP contribution in [0.15, 0.2) is 24.4 Å². The van der Waals surface area contributed by atoms with Gasteiger partial charge in [-0.25, -0.2) is 20.0 Å². The van der Waals surface area contributed by atoms with Crippen molar-refractivity contribution in [3.05, 3.63) is 30.0 Å². The molecule has 0 aliphatic rings. The van der Waals surface area contributed by atoms with Crippen LogP contribution in [0.25, 0.3) is 0 Å². The minimum absolute atomic E-state index is 0.0814. The number of aromatic nitrogens is 2. The van der Waals surface area contributed by atoms with Crippen LogP contribution in [0.1, 0.15) is 31.1 Å². The monoisotopic (exact) mass is 366 g/mol. The number of nitrogens with one attached hydrogen (secondary N) is 1. The van der Waals surface area contributed by atoms with E-state index in [1.165, 1.54) is 12.1 Å². The van der Waals surface area contributed by atoms with Crippen molar-refractivity contribution in [2.24, 2.45) is 0 Å². The first-order chi connectivity index (χ1) is 12.0. The van der Waals surface area contributed by atoms with Crippen LogP contribution >= 0.6 is 0 Å². The van der Waals surface area contributed by atoms with Gasteiger partial charge in [-0.15, -0.1) is 0 Å². The number of amides is 1. The van der Waals surface area contributed by atoms with E-state index in [4.69, 9.17) is 9.84 Å². The summed E-state index contributed by atoms with van der Waals surface area (Å²) < 4.78 is 5.75. The quantitative estimate of drug-likeness (QED) is 0.504. The van der Waals surface area contributed by atoms with Gasteiger partial charge in [0, 0.05) is 12.3 Å². The Kier molecular flexibility index (Phi) is 4.82. The number of carboxylic acid groups (broad SMARTS) is 1. The second-order valence-electron chi connectivity index (χ2n) is 6.16. The molecule has 0 aliphatic heterocycles. The number of aromatic carboxylic acids is 1. The summed E-state index contributed by atoms with van der Waals surface area (Å²) in [6.45, 7) is 4.90. The number of ether oxygens (including phenoxy) is 1. The van der Waals surface area contributed by atoms with Crippen molar-refractivity contribution in [1.82, 2.24) is 15.1 Å². The minimum Gasteiger partial charge on any atom is -0.503 e. The van der Waals surface area contributed by atoms with E-state index in [-0.39, 0.29) is 11.4 Å². The number of carbonyl (C=O) groups is 2. The molecule has 0 aromatic carbocycles. The lowest BCUT2D eigenvalue weighted by molar-refractivity contribution is 0.0510. The number of carboxylic acids is 1. The molecular weight excluding hydrogens is 348 g/mol. The smallest absolute Gasteiger partial charge is 0.428 e. The molecule has 0 radical (unpaired) electrons. The maximum atomic E-state index is 12.1. The fourth-order valence-electron chi connectivity index (χ4n) is 1.90. The lowest BCUT2D eigenvalue weighted by Crippen LogP contribution is -2.48. The number of hydrazine groups is 1. The van der Waals surface area contributed by atoms with E-state index in [9.17, 15) is 24.9 Å². The van der Waals surface area contributed by atoms with Gasteiger partial charge >= 0.3 is 12.1 Å². The molecule has 0 saturated carbocycles. The molecule has 0 bridgehead atoms. The van der Waals surface area contributed by atoms with Crippen LogP contribution < -0.4 is 10.5 Å². The number of anilines is 1. The molecule has 0 spiro atoms. The topological polar surface area (TPSA) is 157 Å². The molecule has 5 N–H and O–H groups in total. The van der Waals surface area contributed by atoms with Crippen LogP contribution in [0.5, 0.6) is 17.5 Å². The molecule has 11 heteroatoms. The molecule has 0 unspecified atom stereocenters. The SMILES string of the molecule is CC(C)(C)OC(=O)NN(c1ccc(C(=O)O)cn1)n1c(O)cc(O)c1O. The minimum atomic E-state index is -1.21. The van der Waals surface area contributed by atoms with Crippen LogP contribution in [-0.2, 0) is 4.74 Å². The van der Waals surface area contributed by atoms with Crippen molar-refractivity contribution in [2.45, 2.75) is 26.4 Å². The first-order valence-electron chi connectivity index (χ1n) is 7.31. The van der Waals surface area contributed by atoms with E-state index in [1.54, 1.807) is 20.8 Å². The summed E-state index contributed by atoms with van der Waals surface area (Å²) >= 11 is 0. The molecule has 1 amide bonds. The standard InChI is InChI=1S/C15H18N4O7/c1-15(2,3)26-14(25)17-19(18-11(21)6-9(20)12(18)22)10-5-4-8(7-16-10)13(23)24/h4-7,20-22H,1-3H3,(H,17,25)(H,23,24). The molecule has 0 fully saturated rings. The summed E-state index contributed by atoms with van der Waals surface area (Å²) in [7, 11) is 0. The average molecular weight is 366 g/mol. The first-order valence-corrected chi connectivity index (χ1v) is 7.31. The van der Waals surface area contributed by atoms with Gasteiger partial charge in [0.25, 0.3) is 5.88 Å². The Morgan fingerprint density at radius 2 is 1.88 bits per heavy atom. The van der Waals surface area contributed by atoms with Gasteiger partial charge in [0.05, 0.1) is 5.56 Å². The highest BCUT2D eigenvalue weighted by atomic mass is 16.6. The van der Waals surface area contributed by atoms with E-state index in [1.807, 2.05) is 0 Å². The fourth-order valence-corrected chi connectivity index (χ4v) is 1.90. The van der Waals surface area contributed by atoms with Gasteiger partial charge < -0.3 is 25.2 Å². The Morgan fingerprint density at radius 3 is 2.31 bits per heavy atom. The van der Waals surface area contributed by atoms with Crippen LogP contribution in [0.3, 0.4) is 0 Å². The predicted octanol–water partition coefficient (Wildman–Crippen LogP) is 1.41. The van der Waals surface area contributed by atoms with E-state index in [0.29, 0.717) is 4.68 Å². The highest BCUT2D eigenvalue weighted by Crippen LogP contribution is 2.34. The number of nitrogens with zero attached hydrogens (tertiary/aromatic N) is 3. The summed E-state index contributed by atoms with van der Waals surface area (Å²) in [5, 5.41) is 39.1. The number of pyridine rings is 1. The van der Waals surface area contributed by atoms with Gasteiger partial charge in [-0.05, 0) is 32.9 Å². The van der Waals surface area contributed by atoms with Crippen molar-refractivity contribution in [2.75, 3.05) is 5.12 Å². The third kappa shape index (κ3) is 4.06. The van der Waals surface area contributed by atoms with Gasteiger partial charge in [-0.3, -0.25) is 0 Å². The van der Waals surface area contributed by atoms with Crippen molar-refractivity contribution in [3.8, 4) is 17.5 Å². The zero-order valence-corrected chi connectivity index (χ0v) is 14.2. The lowest BCUT2D eigenvalue weighted by atomic mass is 10.2. The lowest BCUT2D eigenvalue weighted by Gasteiger charge is -2.27. The number of aromatic hydroxyl groups is 3. The summed E-state index contributed by atoms with van der Waals surface area (Å²) in [6.07, 6.45) is 0.0624. The van der Waals surface area contributed by atoms with Crippen molar-refractivity contribution in [3.63, 3.8) is 0 Å². The molecule has 2 aromatic rings. The Labute approximate surface area is 147 Å². The van der Waals surface area contributed by atoms with Crippen LogP contribution in [0, 0.1) is 0 Å². The average Bonchev–Trinajstić information content (AvgIpc) is 2.76. The first kappa shape index (κ1) is 18.7. The fraction of sp³-hybridized carbons (Fsp3) is 0.267. The molecule has 0 atom stereocenters. The number of hydrogen-bond acceptors (Lipinski definition) is 8. The molecule has 140 valence electrons. The predicted molar refractivity (Wildman–Crippen MR) is 87.9 cm³/mol. The van der Waals surface area contributed by atoms with Crippen molar-refractivity contribution in [1.29, 1.82) is 0 Å². The van der Waals surface area contributed by atoms with Gasteiger partial charge in [0.1, 0.15) is 5.60 Å². The number of hydrogen-bond donors (Lipinski definition) is 5. The van der Waals surface area contributed by atoms with E-state index in [2.05, 4.69) is 10.4 Å². The summed E-state index contributed by atoms with van der Waals surface area (Å²) in [5.74, 6) is -3.36. The molecular formula is C15H18N4O7. The Morgan fingerprint density at radius 1 is 1.23 bits per heavy atom. The van der Waals surface area contributed by atoms with Crippen LogP contribution in [0.2, 0.25) is 0 Å². The number of carbonyl (C=O) groups excluding carboxylic acids is 1. The van der Waals surface area contributed by atoms with Gasteiger partial charge in [0.15, 0.2) is 11.6 Å². The maximum Gasteiger partial charge on any atom is 0.428 e. The normalized spacial score (nSPS) is 11.0. The molecule has 2 rings (SSSR count). The van der Waals surface area contributed by atoms with E-state index in [0.717, 1.165) is 17.4 Å². The van der Waals surface area contributed by atoms with Gasteiger partial charge in [-0.1, -0.05) is 0 Å². The van der Waals surface area contributed by atoms with E-state index >= 15 is 0 Å². The largest absolute Gasteiger partial charge is 0.503 e. The Hall–Kier alpha value is -3.63. The van der Waals surface area contributed by atoms with Crippen molar-refractivity contribution >= 4 is 17.9 Å².